The Labute approximate surface area is 121 Å². The normalized spacial score (nSPS) is 36.6. The Morgan fingerprint density at radius 3 is 2.90 bits per heavy atom. The number of nitrogens with zero attached hydrogens (tertiary/aromatic N) is 2. The van der Waals surface area contributed by atoms with Crippen LogP contribution in [0.15, 0.2) is 0 Å². The van der Waals surface area contributed by atoms with Gasteiger partial charge in [-0.15, -0.1) is 0 Å². The number of piperidine rings is 1. The molecule has 0 aromatic heterocycles. The van der Waals surface area contributed by atoms with E-state index in [-0.39, 0.29) is 24.5 Å². The lowest BCUT2D eigenvalue weighted by Crippen LogP contribution is -2.53. The van der Waals surface area contributed by atoms with E-state index in [2.05, 4.69) is 23.5 Å². The van der Waals surface area contributed by atoms with Crippen LogP contribution in [0.4, 0.5) is 9.18 Å². The summed E-state index contributed by atoms with van der Waals surface area (Å²) < 4.78 is 18.3. The molecule has 0 aliphatic carbocycles. The van der Waals surface area contributed by atoms with Crippen molar-refractivity contribution < 1.29 is 18.3 Å². The summed E-state index contributed by atoms with van der Waals surface area (Å²) in [7, 11) is 0. The van der Waals surface area contributed by atoms with Gasteiger partial charge in [-0.25, -0.2) is 13.5 Å². The number of hydroxylamine groups is 2. The molecular weight excluding hydrogens is 287 g/mol. The Kier molecular flexibility index (Phi) is 3.74. The second kappa shape index (κ2) is 5.38. The molecule has 4 atom stereocenters. The van der Waals surface area contributed by atoms with Crippen LogP contribution in [0.5, 0.6) is 0 Å². The standard InChI is InChI=1S/C11H17FN4O3S/c12-7-3-13-4-8(7)14-10(17)9-2-1-6-5-15(9)11(18)16(6)19-20/h6-9,13,20H,1-5H2,(H,14,17)/t6-,7-,8-,9+/m1/s1. The number of carbonyl (C=O) groups is 2. The molecule has 3 saturated heterocycles. The Balaban J connectivity index is 1.65. The number of nitrogens with one attached hydrogen (secondary N) is 2. The number of hydrogen-bond donors (Lipinski definition) is 3. The molecule has 112 valence electrons. The van der Waals surface area contributed by atoms with Crippen molar-refractivity contribution in [1.82, 2.24) is 20.6 Å². The van der Waals surface area contributed by atoms with Gasteiger partial charge in [0.15, 0.2) is 0 Å². The topological polar surface area (TPSA) is 73.9 Å². The maximum absolute atomic E-state index is 13.5. The lowest BCUT2D eigenvalue weighted by atomic mass is 10.00. The van der Waals surface area contributed by atoms with Crippen molar-refractivity contribution in [1.29, 1.82) is 0 Å². The van der Waals surface area contributed by atoms with Crippen LogP contribution in [0.1, 0.15) is 12.8 Å². The van der Waals surface area contributed by atoms with Gasteiger partial charge in [0.05, 0.1) is 12.1 Å². The third-order valence-corrected chi connectivity index (χ3v) is 4.36. The molecule has 0 unspecified atom stereocenters. The van der Waals surface area contributed by atoms with Gasteiger partial charge < -0.3 is 15.5 Å². The Bertz CT molecular complexity index is 426. The van der Waals surface area contributed by atoms with Gasteiger partial charge in [-0.3, -0.25) is 4.79 Å². The molecule has 2 N–H and O–H groups in total. The molecule has 3 aliphatic rings. The van der Waals surface area contributed by atoms with E-state index in [1.54, 1.807) is 0 Å². The first-order chi connectivity index (χ1) is 9.61. The molecule has 0 saturated carbocycles. The highest BCUT2D eigenvalue weighted by atomic mass is 32.1. The molecule has 0 aromatic rings. The maximum Gasteiger partial charge on any atom is 0.345 e. The van der Waals surface area contributed by atoms with Gasteiger partial charge in [-0.2, -0.15) is 5.06 Å². The molecular formula is C11H17FN4O3S. The number of rotatable bonds is 3. The van der Waals surface area contributed by atoms with Crippen molar-refractivity contribution in [3.05, 3.63) is 0 Å². The fourth-order valence-corrected chi connectivity index (χ4v) is 3.28. The Hall–Kier alpha value is -1.06. The molecule has 0 radical (unpaired) electrons. The van der Waals surface area contributed by atoms with E-state index in [0.717, 1.165) is 0 Å². The van der Waals surface area contributed by atoms with Crippen LogP contribution < -0.4 is 10.6 Å². The highest BCUT2D eigenvalue weighted by molar-refractivity contribution is 7.75. The summed E-state index contributed by atoms with van der Waals surface area (Å²) in [6.07, 6.45) is 0.136. The van der Waals surface area contributed by atoms with Crippen LogP contribution >= 0.6 is 12.9 Å². The molecule has 3 fully saturated rings. The molecule has 3 aliphatic heterocycles. The largest absolute Gasteiger partial charge is 0.347 e. The third-order valence-electron chi connectivity index (χ3n) is 4.18. The maximum atomic E-state index is 13.5. The van der Waals surface area contributed by atoms with Crippen LogP contribution in [0.3, 0.4) is 0 Å². The summed E-state index contributed by atoms with van der Waals surface area (Å²) >= 11 is 3.66. The first-order valence-electron chi connectivity index (χ1n) is 6.68. The monoisotopic (exact) mass is 304 g/mol. The predicted molar refractivity (Wildman–Crippen MR) is 70.5 cm³/mol. The van der Waals surface area contributed by atoms with Crippen LogP contribution in [0.25, 0.3) is 0 Å². The summed E-state index contributed by atoms with van der Waals surface area (Å²) in [5.41, 5.74) is 0. The first-order valence-corrected chi connectivity index (χ1v) is 7.05. The predicted octanol–water partition coefficient (Wildman–Crippen LogP) is -0.543. The van der Waals surface area contributed by atoms with Crippen molar-refractivity contribution in [3.8, 4) is 0 Å². The van der Waals surface area contributed by atoms with Crippen molar-refractivity contribution in [3.63, 3.8) is 0 Å². The number of amides is 3. The zero-order valence-electron chi connectivity index (χ0n) is 10.8. The number of carbonyl (C=O) groups excluding carboxylic acids is 2. The van der Waals surface area contributed by atoms with Gasteiger partial charge in [0.25, 0.3) is 0 Å². The zero-order chi connectivity index (χ0) is 14.3. The van der Waals surface area contributed by atoms with Gasteiger partial charge in [0.2, 0.25) is 5.91 Å². The summed E-state index contributed by atoms with van der Waals surface area (Å²) in [4.78, 5) is 25.8. The van der Waals surface area contributed by atoms with E-state index in [1.165, 1.54) is 9.96 Å². The number of halogens is 1. The molecule has 20 heavy (non-hydrogen) atoms. The summed E-state index contributed by atoms with van der Waals surface area (Å²) in [5.74, 6) is -0.297. The summed E-state index contributed by atoms with van der Waals surface area (Å²) in [6.45, 7) is 1.11. The highest BCUT2D eigenvalue weighted by Crippen LogP contribution is 2.30. The number of thiol groups is 1. The van der Waals surface area contributed by atoms with Gasteiger partial charge in [0.1, 0.15) is 12.2 Å². The average molecular weight is 304 g/mol. The fourth-order valence-electron chi connectivity index (χ4n) is 3.08. The lowest BCUT2D eigenvalue weighted by Gasteiger charge is -2.30. The van der Waals surface area contributed by atoms with E-state index in [1.807, 2.05) is 0 Å². The Morgan fingerprint density at radius 1 is 1.45 bits per heavy atom. The number of fused-ring (bicyclic) bond motifs is 2. The van der Waals surface area contributed by atoms with E-state index < -0.39 is 18.3 Å². The van der Waals surface area contributed by atoms with Gasteiger partial charge >= 0.3 is 6.03 Å². The van der Waals surface area contributed by atoms with Gasteiger partial charge in [0, 0.05) is 32.5 Å². The molecule has 3 rings (SSSR count). The van der Waals surface area contributed by atoms with E-state index in [0.29, 0.717) is 25.9 Å². The summed E-state index contributed by atoms with van der Waals surface area (Å²) in [6, 6.07) is -1.50. The molecule has 9 heteroatoms. The molecule has 0 spiro atoms. The minimum atomic E-state index is -1.08. The number of urea groups is 1. The van der Waals surface area contributed by atoms with Crippen LogP contribution in [0, 0.1) is 0 Å². The third kappa shape index (κ3) is 2.23. The first kappa shape index (κ1) is 13.9. The van der Waals surface area contributed by atoms with Crippen LogP contribution in [-0.4, -0.2) is 65.8 Å². The quantitative estimate of drug-likeness (QED) is 0.483. The number of hydrogen-bond acceptors (Lipinski definition) is 5. The van der Waals surface area contributed by atoms with Crippen LogP contribution in [-0.2, 0) is 9.08 Å². The summed E-state index contributed by atoms with van der Waals surface area (Å²) in [5, 5.41) is 6.75. The smallest absolute Gasteiger partial charge is 0.345 e. The minimum Gasteiger partial charge on any atom is -0.347 e. The molecule has 3 amide bonds. The second-order valence-corrected chi connectivity index (χ2v) is 5.54. The van der Waals surface area contributed by atoms with Crippen LogP contribution in [0.2, 0.25) is 0 Å². The van der Waals surface area contributed by atoms with Gasteiger partial charge in [-0.05, 0) is 12.8 Å². The van der Waals surface area contributed by atoms with Gasteiger partial charge in [-0.1, -0.05) is 0 Å². The van der Waals surface area contributed by atoms with Crippen molar-refractivity contribution in [2.75, 3.05) is 19.6 Å². The molecule has 0 aromatic carbocycles. The SMILES string of the molecule is O=C(N[C@@H]1CNC[C@H]1F)[C@@H]1CC[C@@H]2CN1C(=O)N2OS. The average Bonchev–Trinajstić information content (AvgIpc) is 2.94. The molecule has 7 nitrogen and oxygen atoms in total. The zero-order valence-corrected chi connectivity index (χ0v) is 11.7. The molecule has 2 bridgehead atoms. The van der Waals surface area contributed by atoms with Crippen molar-refractivity contribution >= 4 is 24.8 Å². The van der Waals surface area contributed by atoms with E-state index in [9.17, 15) is 14.0 Å². The second-order valence-electron chi connectivity index (χ2n) is 5.38. The fraction of sp³-hybridized carbons (Fsp3) is 0.818. The lowest BCUT2D eigenvalue weighted by molar-refractivity contribution is -0.127. The Morgan fingerprint density at radius 2 is 2.25 bits per heavy atom. The van der Waals surface area contributed by atoms with Crippen molar-refractivity contribution in [2.45, 2.75) is 37.1 Å². The number of alkyl halides is 1. The molecule has 3 heterocycles. The van der Waals surface area contributed by atoms with E-state index in [4.69, 9.17) is 4.28 Å². The van der Waals surface area contributed by atoms with Crippen molar-refractivity contribution in [2.24, 2.45) is 0 Å². The minimum absolute atomic E-state index is 0.0638. The highest BCUT2D eigenvalue weighted by Gasteiger charge is 2.48. The van der Waals surface area contributed by atoms with E-state index >= 15 is 0 Å².